The van der Waals surface area contributed by atoms with Crippen LogP contribution in [0.4, 0.5) is 0 Å². The van der Waals surface area contributed by atoms with E-state index in [2.05, 4.69) is 18.3 Å². The summed E-state index contributed by atoms with van der Waals surface area (Å²) >= 11 is 0. The van der Waals surface area contributed by atoms with E-state index in [1.54, 1.807) is 0 Å². The first-order valence-electron chi connectivity index (χ1n) is 7.00. The number of nitrogens with one attached hydrogen (secondary N) is 1. The third-order valence-corrected chi connectivity index (χ3v) is 4.15. The Hall–Kier alpha value is -1.33. The molecule has 1 saturated carbocycles. The Kier molecular flexibility index (Phi) is 4.78. The van der Waals surface area contributed by atoms with Gasteiger partial charge in [0.05, 0.1) is 11.6 Å². The van der Waals surface area contributed by atoms with Crippen LogP contribution in [0.3, 0.4) is 0 Å². The smallest absolute Gasteiger partial charge is 0.0995 e. The molecule has 1 N–H and O–H groups in total. The number of nitriles is 1. The Morgan fingerprint density at radius 2 is 2.06 bits per heavy atom. The molecule has 1 aromatic carbocycles. The average molecular weight is 242 g/mol. The fraction of sp³-hybridized carbons (Fsp3) is 0.562. The Morgan fingerprint density at radius 3 is 2.83 bits per heavy atom. The Bertz CT molecular complexity index is 419. The molecule has 1 aliphatic rings. The molecule has 0 aliphatic heterocycles. The maximum absolute atomic E-state index is 9.03. The predicted octanol–water partition coefficient (Wildman–Crippen LogP) is 3.47. The highest BCUT2D eigenvalue weighted by Gasteiger charge is 2.20. The summed E-state index contributed by atoms with van der Waals surface area (Å²) in [4.78, 5) is 0. The summed E-state index contributed by atoms with van der Waals surface area (Å²) in [7, 11) is 0. The van der Waals surface area contributed by atoms with Crippen molar-refractivity contribution >= 4 is 0 Å². The van der Waals surface area contributed by atoms with E-state index < -0.39 is 0 Å². The first-order chi connectivity index (χ1) is 8.81. The molecule has 1 fully saturated rings. The average Bonchev–Trinajstić information content (AvgIpc) is 2.41. The molecule has 0 saturated heterocycles. The molecule has 0 amide bonds. The lowest BCUT2D eigenvalue weighted by molar-refractivity contribution is 0.247. The van der Waals surface area contributed by atoms with Crippen molar-refractivity contribution in [2.45, 2.75) is 39.2 Å². The van der Waals surface area contributed by atoms with Gasteiger partial charge in [-0.05, 0) is 36.4 Å². The minimum Gasteiger partial charge on any atom is -0.312 e. The van der Waals surface area contributed by atoms with Crippen LogP contribution in [0.2, 0.25) is 0 Å². The van der Waals surface area contributed by atoms with Crippen molar-refractivity contribution in [1.29, 1.82) is 5.26 Å². The predicted molar refractivity (Wildman–Crippen MR) is 74.0 cm³/mol. The van der Waals surface area contributed by atoms with Crippen LogP contribution in [-0.4, -0.2) is 6.54 Å². The van der Waals surface area contributed by atoms with Crippen LogP contribution < -0.4 is 5.32 Å². The lowest BCUT2D eigenvalue weighted by Gasteiger charge is -2.29. The van der Waals surface area contributed by atoms with Gasteiger partial charge in [-0.3, -0.25) is 0 Å². The van der Waals surface area contributed by atoms with E-state index >= 15 is 0 Å². The van der Waals surface area contributed by atoms with E-state index in [0.29, 0.717) is 0 Å². The molecule has 0 bridgehead atoms. The van der Waals surface area contributed by atoms with Crippen LogP contribution in [0.25, 0.3) is 0 Å². The molecular weight excluding hydrogens is 220 g/mol. The van der Waals surface area contributed by atoms with Gasteiger partial charge in [0.15, 0.2) is 0 Å². The Morgan fingerprint density at radius 1 is 1.28 bits per heavy atom. The molecule has 2 unspecified atom stereocenters. The summed E-state index contributed by atoms with van der Waals surface area (Å²) in [5, 5.41) is 12.6. The van der Waals surface area contributed by atoms with E-state index in [9.17, 15) is 0 Å². The maximum atomic E-state index is 9.03. The molecule has 2 heteroatoms. The van der Waals surface area contributed by atoms with Gasteiger partial charge in [-0.15, -0.1) is 0 Å². The molecule has 0 spiro atoms. The van der Waals surface area contributed by atoms with Gasteiger partial charge in [0.1, 0.15) is 0 Å². The molecule has 96 valence electrons. The van der Waals surface area contributed by atoms with E-state index in [-0.39, 0.29) is 0 Å². The van der Waals surface area contributed by atoms with Crippen LogP contribution in [0.5, 0.6) is 0 Å². The van der Waals surface area contributed by atoms with E-state index in [1.807, 2.05) is 24.3 Å². The highest BCUT2D eigenvalue weighted by molar-refractivity contribution is 5.37. The minimum absolute atomic E-state index is 0.793. The zero-order valence-electron chi connectivity index (χ0n) is 11.2. The number of hydrogen-bond acceptors (Lipinski definition) is 2. The monoisotopic (exact) mass is 242 g/mol. The fourth-order valence-corrected chi connectivity index (χ4v) is 2.87. The lowest BCUT2D eigenvalue weighted by atomic mass is 9.80. The molecule has 2 atom stereocenters. The minimum atomic E-state index is 0.793. The van der Waals surface area contributed by atoms with Crippen molar-refractivity contribution in [3.63, 3.8) is 0 Å². The van der Waals surface area contributed by atoms with Gasteiger partial charge in [0.25, 0.3) is 0 Å². The standard InChI is InChI=1S/C16H22N2/c1-13-6-2-3-8-15(13)11-18-12-16-9-5-4-7-14(16)10-17/h4-5,7,9,13,15,18H,2-3,6,8,11-12H2,1H3. The highest BCUT2D eigenvalue weighted by atomic mass is 14.9. The van der Waals surface area contributed by atoms with Gasteiger partial charge in [-0.2, -0.15) is 5.26 Å². The summed E-state index contributed by atoms with van der Waals surface area (Å²) in [6, 6.07) is 10.1. The van der Waals surface area contributed by atoms with E-state index in [0.717, 1.165) is 36.1 Å². The van der Waals surface area contributed by atoms with Gasteiger partial charge >= 0.3 is 0 Å². The topological polar surface area (TPSA) is 35.8 Å². The molecular formula is C16H22N2. The quantitative estimate of drug-likeness (QED) is 0.877. The van der Waals surface area contributed by atoms with Crippen LogP contribution >= 0.6 is 0 Å². The maximum Gasteiger partial charge on any atom is 0.0995 e. The number of nitrogens with zero attached hydrogens (tertiary/aromatic N) is 1. The second kappa shape index (κ2) is 6.56. The first-order valence-corrected chi connectivity index (χ1v) is 7.00. The normalized spacial score (nSPS) is 23.6. The Labute approximate surface area is 110 Å². The largest absolute Gasteiger partial charge is 0.312 e. The van der Waals surface area contributed by atoms with Gasteiger partial charge in [0, 0.05) is 6.54 Å². The molecule has 1 aromatic rings. The van der Waals surface area contributed by atoms with Crippen molar-refractivity contribution in [1.82, 2.24) is 5.32 Å². The molecule has 18 heavy (non-hydrogen) atoms. The van der Waals surface area contributed by atoms with Crippen molar-refractivity contribution in [2.75, 3.05) is 6.54 Å². The van der Waals surface area contributed by atoms with Crippen LogP contribution in [-0.2, 0) is 6.54 Å². The zero-order chi connectivity index (χ0) is 12.8. The van der Waals surface area contributed by atoms with Crippen LogP contribution in [0.15, 0.2) is 24.3 Å². The SMILES string of the molecule is CC1CCCCC1CNCc1ccccc1C#N. The summed E-state index contributed by atoms with van der Waals surface area (Å²) in [6.07, 6.45) is 5.51. The van der Waals surface area contributed by atoms with Crippen molar-refractivity contribution in [3.8, 4) is 6.07 Å². The number of benzene rings is 1. The zero-order valence-corrected chi connectivity index (χ0v) is 11.2. The third kappa shape index (κ3) is 3.34. The third-order valence-electron chi connectivity index (χ3n) is 4.15. The lowest BCUT2D eigenvalue weighted by Crippen LogP contribution is -2.29. The second-order valence-electron chi connectivity index (χ2n) is 5.42. The summed E-state index contributed by atoms with van der Waals surface area (Å²) < 4.78 is 0. The second-order valence-corrected chi connectivity index (χ2v) is 5.42. The highest BCUT2D eigenvalue weighted by Crippen LogP contribution is 2.28. The molecule has 2 rings (SSSR count). The fourth-order valence-electron chi connectivity index (χ4n) is 2.87. The molecule has 0 aromatic heterocycles. The number of hydrogen-bond donors (Lipinski definition) is 1. The Balaban J connectivity index is 1.83. The van der Waals surface area contributed by atoms with E-state index in [4.69, 9.17) is 5.26 Å². The van der Waals surface area contributed by atoms with Crippen LogP contribution in [0.1, 0.15) is 43.7 Å². The molecule has 0 heterocycles. The summed E-state index contributed by atoms with van der Waals surface area (Å²) in [5.41, 5.74) is 1.91. The summed E-state index contributed by atoms with van der Waals surface area (Å²) in [6.45, 7) is 4.27. The molecule has 2 nitrogen and oxygen atoms in total. The van der Waals surface area contributed by atoms with Gasteiger partial charge < -0.3 is 5.32 Å². The first kappa shape index (κ1) is 13.1. The molecule has 1 aliphatic carbocycles. The van der Waals surface area contributed by atoms with Crippen molar-refractivity contribution < 1.29 is 0 Å². The van der Waals surface area contributed by atoms with Crippen molar-refractivity contribution in [2.24, 2.45) is 11.8 Å². The van der Waals surface area contributed by atoms with Gasteiger partial charge in [0.2, 0.25) is 0 Å². The van der Waals surface area contributed by atoms with Gasteiger partial charge in [-0.25, -0.2) is 0 Å². The van der Waals surface area contributed by atoms with Crippen LogP contribution in [0, 0.1) is 23.2 Å². The number of rotatable bonds is 4. The molecule has 0 radical (unpaired) electrons. The van der Waals surface area contributed by atoms with Gasteiger partial charge in [-0.1, -0.05) is 44.4 Å². The van der Waals surface area contributed by atoms with E-state index in [1.165, 1.54) is 25.7 Å². The van der Waals surface area contributed by atoms with Crippen molar-refractivity contribution in [3.05, 3.63) is 35.4 Å². The summed E-state index contributed by atoms with van der Waals surface area (Å²) in [5.74, 6) is 1.66.